The fourth-order valence-corrected chi connectivity index (χ4v) is 3.66. The molecule has 11 heteroatoms. The molecule has 0 saturated carbocycles. The molecule has 1 atom stereocenters. The number of amides is 2. The Balaban J connectivity index is 1.60. The molecule has 0 aliphatic carbocycles. The van der Waals surface area contributed by atoms with Crippen molar-refractivity contribution in [3.05, 3.63) is 64.7 Å². The zero-order valence-electron chi connectivity index (χ0n) is 17.4. The van der Waals surface area contributed by atoms with Crippen molar-refractivity contribution >= 4 is 17.6 Å². The van der Waals surface area contributed by atoms with Crippen LogP contribution in [-0.2, 0) is 17.5 Å². The number of hydrogen-bond donors (Lipinski definition) is 1. The molecule has 8 nitrogen and oxygen atoms in total. The highest BCUT2D eigenvalue weighted by atomic mass is 19.4. The van der Waals surface area contributed by atoms with E-state index in [1.54, 1.807) is 24.0 Å². The maximum atomic E-state index is 13.0. The molecular formula is C21H19F3N6O2. The minimum absolute atomic E-state index is 0.204. The number of fused-ring (bicyclic) bond motifs is 1. The van der Waals surface area contributed by atoms with Crippen LogP contribution in [0.4, 0.5) is 19.0 Å². The van der Waals surface area contributed by atoms with E-state index in [0.717, 1.165) is 17.1 Å². The maximum Gasteiger partial charge on any atom is 0.419 e. The molecule has 1 aliphatic rings. The summed E-state index contributed by atoms with van der Waals surface area (Å²) in [5, 5.41) is 6.41. The molecule has 1 aliphatic heterocycles. The summed E-state index contributed by atoms with van der Waals surface area (Å²) in [6.45, 7) is 5.17. The van der Waals surface area contributed by atoms with Crippen molar-refractivity contribution in [1.82, 2.24) is 24.6 Å². The first-order valence-electron chi connectivity index (χ1n) is 9.71. The standard InChI is InChI=1S/C21H19F3N6O2/c1-11-6-14(7-26-19(11)30-9-15(8-27-30)21(22,23)24)12(2)29-10-17-16(20(29)32)4-5-25-18(17)28-13(3)31/h4-9,12H,10H2,1-3H3,(H,25,28,31). The molecule has 0 fully saturated rings. The Bertz CT molecular complexity index is 1220. The second kappa shape index (κ2) is 7.74. The third-order valence-corrected chi connectivity index (χ3v) is 5.32. The maximum absolute atomic E-state index is 13.0. The topological polar surface area (TPSA) is 93.0 Å². The van der Waals surface area contributed by atoms with Crippen molar-refractivity contribution in [3.8, 4) is 5.82 Å². The second-order valence-corrected chi connectivity index (χ2v) is 7.56. The van der Waals surface area contributed by atoms with Crippen LogP contribution in [-0.4, -0.2) is 36.5 Å². The van der Waals surface area contributed by atoms with Gasteiger partial charge >= 0.3 is 6.18 Å². The van der Waals surface area contributed by atoms with Gasteiger partial charge in [-0.2, -0.15) is 18.3 Å². The number of halogens is 3. The van der Waals surface area contributed by atoms with Crippen LogP contribution in [0.1, 0.15) is 52.5 Å². The van der Waals surface area contributed by atoms with Crippen LogP contribution < -0.4 is 5.32 Å². The predicted octanol–water partition coefficient (Wildman–Crippen LogP) is 3.66. The van der Waals surface area contributed by atoms with E-state index in [9.17, 15) is 22.8 Å². The van der Waals surface area contributed by atoms with Crippen molar-refractivity contribution in [2.75, 3.05) is 5.32 Å². The first kappa shape index (κ1) is 21.5. The smallest absolute Gasteiger partial charge is 0.327 e. The molecule has 166 valence electrons. The number of aromatic nitrogens is 4. The van der Waals surface area contributed by atoms with Crippen LogP contribution in [0.2, 0.25) is 0 Å². The molecule has 0 bridgehead atoms. The van der Waals surface area contributed by atoms with Crippen LogP contribution in [0.3, 0.4) is 0 Å². The number of carbonyl (C=O) groups is 2. The Hall–Kier alpha value is -3.76. The lowest BCUT2D eigenvalue weighted by molar-refractivity contribution is -0.137. The number of hydrogen-bond acceptors (Lipinski definition) is 5. The number of aryl methyl sites for hydroxylation is 1. The van der Waals surface area contributed by atoms with Crippen molar-refractivity contribution in [2.45, 2.75) is 39.5 Å². The monoisotopic (exact) mass is 444 g/mol. The molecule has 3 aromatic heterocycles. The highest BCUT2D eigenvalue weighted by Crippen LogP contribution is 2.34. The molecule has 4 heterocycles. The van der Waals surface area contributed by atoms with Crippen molar-refractivity contribution < 1.29 is 22.8 Å². The van der Waals surface area contributed by atoms with Gasteiger partial charge in [0.15, 0.2) is 5.82 Å². The van der Waals surface area contributed by atoms with E-state index >= 15 is 0 Å². The molecule has 1 unspecified atom stereocenters. The minimum atomic E-state index is -4.49. The van der Waals surface area contributed by atoms with Gasteiger partial charge < -0.3 is 10.2 Å². The van der Waals surface area contributed by atoms with Gasteiger partial charge in [-0.1, -0.05) is 0 Å². The van der Waals surface area contributed by atoms with Gasteiger partial charge in [0.2, 0.25) is 5.91 Å². The molecule has 3 aromatic rings. The Kier molecular flexibility index (Phi) is 5.19. The number of nitrogens with zero attached hydrogens (tertiary/aromatic N) is 5. The van der Waals surface area contributed by atoms with E-state index < -0.39 is 11.7 Å². The fraction of sp³-hybridized carbons (Fsp3) is 0.286. The van der Waals surface area contributed by atoms with Gasteiger partial charge in [-0.15, -0.1) is 0 Å². The van der Waals surface area contributed by atoms with E-state index in [2.05, 4.69) is 20.4 Å². The van der Waals surface area contributed by atoms with E-state index in [4.69, 9.17) is 0 Å². The number of rotatable bonds is 4. The summed E-state index contributed by atoms with van der Waals surface area (Å²) in [6.07, 6.45) is 0.131. The number of pyridine rings is 2. The largest absolute Gasteiger partial charge is 0.419 e. The number of carbonyl (C=O) groups excluding carboxylic acids is 2. The van der Waals surface area contributed by atoms with Crippen molar-refractivity contribution in [3.63, 3.8) is 0 Å². The number of nitrogens with one attached hydrogen (secondary N) is 1. The zero-order chi connectivity index (χ0) is 23.2. The Morgan fingerprint density at radius 3 is 2.62 bits per heavy atom. The molecule has 0 saturated heterocycles. The van der Waals surface area contributed by atoms with Gasteiger partial charge in [0, 0.05) is 36.6 Å². The van der Waals surface area contributed by atoms with E-state index in [-0.39, 0.29) is 30.2 Å². The average molecular weight is 444 g/mol. The van der Waals surface area contributed by atoms with Gasteiger partial charge in [-0.25, -0.2) is 14.6 Å². The Labute approximate surface area is 181 Å². The molecule has 0 aromatic carbocycles. The molecule has 4 rings (SSSR count). The first-order valence-corrected chi connectivity index (χ1v) is 9.71. The lowest BCUT2D eigenvalue weighted by Crippen LogP contribution is -2.27. The summed E-state index contributed by atoms with van der Waals surface area (Å²) in [4.78, 5) is 34.5. The highest BCUT2D eigenvalue weighted by Gasteiger charge is 2.34. The first-order chi connectivity index (χ1) is 15.1. The van der Waals surface area contributed by atoms with Crippen molar-refractivity contribution in [1.29, 1.82) is 0 Å². The summed E-state index contributed by atoms with van der Waals surface area (Å²) in [6, 6.07) is 3.01. The summed E-state index contributed by atoms with van der Waals surface area (Å²) < 4.78 is 39.7. The third kappa shape index (κ3) is 3.81. The van der Waals surface area contributed by atoms with Crippen LogP contribution in [0.5, 0.6) is 0 Å². The van der Waals surface area contributed by atoms with Gasteiger partial charge in [-0.05, 0) is 37.1 Å². The Morgan fingerprint density at radius 1 is 1.25 bits per heavy atom. The van der Waals surface area contributed by atoms with E-state index in [1.165, 1.54) is 19.3 Å². The third-order valence-electron chi connectivity index (χ3n) is 5.32. The normalized spacial score (nSPS) is 14.4. The summed E-state index contributed by atoms with van der Waals surface area (Å²) in [5.74, 6) is 0.129. The molecule has 2 amide bonds. The van der Waals surface area contributed by atoms with Gasteiger partial charge in [0.05, 0.1) is 24.3 Å². The van der Waals surface area contributed by atoms with Gasteiger partial charge in [-0.3, -0.25) is 9.59 Å². The van der Waals surface area contributed by atoms with Crippen LogP contribution in [0.25, 0.3) is 5.82 Å². The predicted molar refractivity (Wildman–Crippen MR) is 108 cm³/mol. The summed E-state index contributed by atoms with van der Waals surface area (Å²) in [7, 11) is 0. The average Bonchev–Trinajstić information content (AvgIpc) is 3.33. The van der Waals surface area contributed by atoms with Gasteiger partial charge in [0.25, 0.3) is 5.91 Å². The Morgan fingerprint density at radius 2 is 2.00 bits per heavy atom. The lowest BCUT2D eigenvalue weighted by Gasteiger charge is -2.25. The summed E-state index contributed by atoms with van der Waals surface area (Å²) >= 11 is 0. The van der Waals surface area contributed by atoms with Crippen LogP contribution in [0, 0.1) is 6.92 Å². The minimum Gasteiger partial charge on any atom is -0.327 e. The lowest BCUT2D eigenvalue weighted by atomic mass is 10.1. The molecular weight excluding hydrogens is 425 g/mol. The SMILES string of the molecule is CC(=O)Nc1nccc2c1CN(C(C)c1cnc(-n3cc(C(F)(F)F)cn3)c(C)c1)C2=O. The quantitative estimate of drug-likeness (QED) is 0.663. The summed E-state index contributed by atoms with van der Waals surface area (Å²) in [5.41, 5.74) is 1.56. The zero-order valence-corrected chi connectivity index (χ0v) is 17.4. The second-order valence-electron chi connectivity index (χ2n) is 7.56. The van der Waals surface area contributed by atoms with Gasteiger partial charge in [0.1, 0.15) is 5.82 Å². The number of alkyl halides is 3. The fourth-order valence-electron chi connectivity index (χ4n) is 3.66. The van der Waals surface area contributed by atoms with E-state index in [0.29, 0.717) is 28.1 Å². The van der Waals surface area contributed by atoms with Crippen LogP contribution >= 0.6 is 0 Å². The molecule has 1 N–H and O–H groups in total. The van der Waals surface area contributed by atoms with E-state index in [1.807, 2.05) is 6.92 Å². The highest BCUT2D eigenvalue weighted by molar-refractivity contribution is 6.01. The number of anilines is 1. The van der Waals surface area contributed by atoms with Crippen LogP contribution in [0.15, 0.2) is 36.9 Å². The molecule has 32 heavy (non-hydrogen) atoms. The molecule has 0 radical (unpaired) electrons. The molecule has 0 spiro atoms. The van der Waals surface area contributed by atoms with Crippen molar-refractivity contribution in [2.24, 2.45) is 0 Å².